The maximum Gasteiger partial charge on any atom is 0.263 e. The molecule has 0 spiro atoms. The molecule has 0 saturated carbocycles. The zero-order valence-corrected chi connectivity index (χ0v) is 16.3. The maximum absolute atomic E-state index is 12.9. The molecule has 28 heavy (non-hydrogen) atoms. The van der Waals surface area contributed by atoms with Gasteiger partial charge in [-0.15, -0.1) is 0 Å². The Hall–Kier alpha value is -3.40. The van der Waals surface area contributed by atoms with E-state index in [1.165, 1.54) is 19.4 Å². The summed E-state index contributed by atoms with van der Waals surface area (Å²) in [4.78, 5) is 4.30. The van der Waals surface area contributed by atoms with Crippen molar-refractivity contribution < 1.29 is 13.2 Å². The van der Waals surface area contributed by atoms with Gasteiger partial charge in [0.25, 0.3) is 10.0 Å². The molecule has 0 atom stereocenters. The molecule has 0 aliphatic rings. The molecule has 4 aromatic rings. The number of anilines is 1. The van der Waals surface area contributed by atoms with Crippen molar-refractivity contribution in [2.45, 2.75) is 4.90 Å². The van der Waals surface area contributed by atoms with Gasteiger partial charge in [-0.3, -0.25) is 19.1 Å². The van der Waals surface area contributed by atoms with E-state index < -0.39 is 10.0 Å². The minimum absolute atomic E-state index is 0.0429. The second kappa shape index (κ2) is 6.64. The molecular weight excluding hydrogens is 380 g/mol. The normalized spacial score (nSPS) is 11.7. The van der Waals surface area contributed by atoms with Crippen LogP contribution in [0, 0.1) is 0 Å². The molecule has 1 aromatic carbocycles. The maximum atomic E-state index is 12.9. The number of methoxy groups -OCH3 is 1. The van der Waals surface area contributed by atoms with Crippen LogP contribution < -0.4 is 9.46 Å². The fourth-order valence-electron chi connectivity index (χ4n) is 2.97. The molecule has 0 amide bonds. The molecule has 0 unspecified atom stereocenters. The molecule has 1 N–H and O–H groups in total. The fourth-order valence-corrected chi connectivity index (χ4v) is 4.00. The van der Waals surface area contributed by atoms with Crippen molar-refractivity contribution in [3.8, 4) is 17.0 Å². The summed E-state index contributed by atoms with van der Waals surface area (Å²) in [6.45, 7) is 0. The standard InChI is InChI=1S/C18H18N6O3S/c1-23-11-13(9-20-23)15-6-5-14(10-19-15)28(25,26)22-17-16(27-3)7-4-12-8-21-24(2)18(12)17/h4-11,22H,1-3H3. The Balaban J connectivity index is 1.72. The highest BCUT2D eigenvalue weighted by molar-refractivity contribution is 7.92. The van der Waals surface area contributed by atoms with Gasteiger partial charge in [0.15, 0.2) is 0 Å². The van der Waals surface area contributed by atoms with Crippen LogP contribution in [-0.4, -0.2) is 40.1 Å². The number of nitrogens with zero attached hydrogens (tertiary/aromatic N) is 5. The number of sulfonamides is 1. The molecular formula is C18H18N6O3S. The van der Waals surface area contributed by atoms with Crippen molar-refractivity contribution in [1.29, 1.82) is 0 Å². The Kier molecular flexibility index (Phi) is 4.27. The lowest BCUT2D eigenvalue weighted by Gasteiger charge is -2.14. The van der Waals surface area contributed by atoms with Crippen LogP contribution in [0.25, 0.3) is 22.2 Å². The van der Waals surface area contributed by atoms with Gasteiger partial charge in [0.1, 0.15) is 16.3 Å². The van der Waals surface area contributed by atoms with Gasteiger partial charge in [-0.2, -0.15) is 10.2 Å². The molecule has 10 heteroatoms. The lowest BCUT2D eigenvalue weighted by molar-refractivity contribution is 0.417. The zero-order chi connectivity index (χ0) is 19.9. The van der Waals surface area contributed by atoms with Crippen molar-refractivity contribution in [3.63, 3.8) is 0 Å². The Morgan fingerprint density at radius 2 is 1.86 bits per heavy atom. The van der Waals surface area contributed by atoms with Crippen molar-refractivity contribution in [1.82, 2.24) is 24.5 Å². The summed E-state index contributed by atoms with van der Waals surface area (Å²) < 4.78 is 37.1. The Morgan fingerprint density at radius 1 is 1.04 bits per heavy atom. The predicted molar refractivity (Wildman–Crippen MR) is 105 cm³/mol. The van der Waals surface area contributed by atoms with Crippen LogP contribution in [0.15, 0.2) is 53.9 Å². The monoisotopic (exact) mass is 398 g/mol. The summed E-state index contributed by atoms with van der Waals surface area (Å²) in [7, 11) is 1.15. The van der Waals surface area contributed by atoms with E-state index >= 15 is 0 Å². The van der Waals surface area contributed by atoms with Crippen molar-refractivity contribution >= 4 is 26.6 Å². The van der Waals surface area contributed by atoms with Crippen LogP contribution >= 0.6 is 0 Å². The topological polar surface area (TPSA) is 104 Å². The lowest BCUT2D eigenvalue weighted by Crippen LogP contribution is -2.15. The van der Waals surface area contributed by atoms with Gasteiger partial charge >= 0.3 is 0 Å². The third kappa shape index (κ3) is 3.07. The highest BCUT2D eigenvalue weighted by Gasteiger charge is 2.21. The molecule has 0 fully saturated rings. The van der Waals surface area contributed by atoms with E-state index in [4.69, 9.17) is 4.74 Å². The number of aryl methyl sites for hydroxylation is 2. The first kappa shape index (κ1) is 18.0. The number of pyridine rings is 1. The van der Waals surface area contributed by atoms with Crippen molar-refractivity contribution in [2.75, 3.05) is 11.8 Å². The number of rotatable bonds is 5. The third-order valence-corrected chi connectivity index (χ3v) is 5.70. The van der Waals surface area contributed by atoms with Crippen LogP contribution in [0.4, 0.5) is 5.69 Å². The van der Waals surface area contributed by atoms with Gasteiger partial charge in [-0.1, -0.05) is 0 Å². The number of fused-ring (bicyclic) bond motifs is 1. The molecule has 144 valence electrons. The van der Waals surface area contributed by atoms with Crippen LogP contribution in [0.3, 0.4) is 0 Å². The van der Waals surface area contributed by atoms with Gasteiger partial charge in [0.2, 0.25) is 0 Å². The van der Waals surface area contributed by atoms with Gasteiger partial charge < -0.3 is 4.74 Å². The zero-order valence-electron chi connectivity index (χ0n) is 15.5. The number of aromatic nitrogens is 5. The summed E-state index contributed by atoms with van der Waals surface area (Å²) in [6, 6.07) is 6.68. The van der Waals surface area contributed by atoms with Gasteiger partial charge in [0, 0.05) is 37.4 Å². The van der Waals surface area contributed by atoms with E-state index in [1.807, 2.05) is 12.3 Å². The Bertz CT molecular complexity index is 1260. The van der Waals surface area contributed by atoms with Crippen LogP contribution in [0.5, 0.6) is 5.75 Å². The van der Waals surface area contributed by atoms with Crippen LogP contribution in [-0.2, 0) is 24.1 Å². The van der Waals surface area contributed by atoms with Crippen LogP contribution in [0.2, 0.25) is 0 Å². The highest BCUT2D eigenvalue weighted by Crippen LogP contribution is 2.34. The minimum Gasteiger partial charge on any atom is -0.494 e. The summed E-state index contributed by atoms with van der Waals surface area (Å²) in [5, 5.41) is 9.08. The Labute approximate surface area is 161 Å². The summed E-state index contributed by atoms with van der Waals surface area (Å²) in [5.41, 5.74) is 2.40. The SMILES string of the molecule is COc1ccc2cnn(C)c2c1NS(=O)(=O)c1ccc(-c2cnn(C)c2)nc1. The fraction of sp³-hybridized carbons (Fsp3) is 0.167. The number of benzene rings is 1. The number of nitrogens with one attached hydrogen (secondary N) is 1. The Morgan fingerprint density at radius 3 is 2.50 bits per heavy atom. The van der Waals surface area contributed by atoms with E-state index in [0.717, 1.165) is 10.9 Å². The first-order valence-corrected chi connectivity index (χ1v) is 9.84. The van der Waals surface area contributed by atoms with E-state index in [2.05, 4.69) is 19.9 Å². The quantitative estimate of drug-likeness (QED) is 0.553. The average Bonchev–Trinajstić information content (AvgIpc) is 3.28. The third-order valence-electron chi connectivity index (χ3n) is 4.37. The molecule has 3 heterocycles. The van der Waals surface area contributed by atoms with E-state index in [1.54, 1.807) is 48.0 Å². The number of hydrogen-bond acceptors (Lipinski definition) is 6. The summed E-state index contributed by atoms with van der Waals surface area (Å²) in [5.74, 6) is 0.402. The van der Waals surface area contributed by atoms with Gasteiger partial charge in [0.05, 0.1) is 30.7 Å². The molecule has 0 aliphatic carbocycles. The van der Waals surface area contributed by atoms with Crippen molar-refractivity contribution in [2.24, 2.45) is 14.1 Å². The van der Waals surface area contributed by atoms with Gasteiger partial charge in [-0.25, -0.2) is 8.42 Å². The van der Waals surface area contributed by atoms with E-state index in [0.29, 0.717) is 22.6 Å². The van der Waals surface area contributed by atoms with E-state index in [-0.39, 0.29) is 4.90 Å². The highest BCUT2D eigenvalue weighted by atomic mass is 32.2. The smallest absolute Gasteiger partial charge is 0.263 e. The van der Waals surface area contributed by atoms with Crippen LogP contribution in [0.1, 0.15) is 0 Å². The molecule has 0 saturated heterocycles. The summed E-state index contributed by atoms with van der Waals surface area (Å²) >= 11 is 0. The molecule has 0 bridgehead atoms. The molecule has 4 rings (SSSR count). The van der Waals surface area contributed by atoms with E-state index in [9.17, 15) is 8.42 Å². The summed E-state index contributed by atoms with van der Waals surface area (Å²) in [6.07, 6.45) is 6.46. The molecule has 3 aromatic heterocycles. The first-order valence-electron chi connectivity index (χ1n) is 8.35. The molecule has 9 nitrogen and oxygen atoms in total. The van der Waals surface area contributed by atoms with Gasteiger partial charge in [-0.05, 0) is 24.3 Å². The minimum atomic E-state index is -3.88. The molecule has 0 radical (unpaired) electrons. The number of hydrogen-bond donors (Lipinski definition) is 1. The largest absolute Gasteiger partial charge is 0.494 e. The number of ether oxygens (including phenoxy) is 1. The average molecular weight is 398 g/mol. The first-order chi connectivity index (χ1) is 13.4. The second-order valence-corrected chi connectivity index (χ2v) is 7.92. The second-order valence-electron chi connectivity index (χ2n) is 6.24. The predicted octanol–water partition coefficient (Wildman–Crippen LogP) is 2.18. The lowest BCUT2D eigenvalue weighted by atomic mass is 10.2. The van der Waals surface area contributed by atoms with Crippen molar-refractivity contribution in [3.05, 3.63) is 49.1 Å². The molecule has 0 aliphatic heterocycles.